The molecule has 0 spiro atoms. The first-order chi connectivity index (χ1) is 3.35. The van der Waals surface area contributed by atoms with Gasteiger partial charge in [0.15, 0.2) is 0 Å². The second kappa shape index (κ2) is 5.39. The highest BCUT2D eigenvalue weighted by Crippen LogP contribution is 1.75. The van der Waals surface area contributed by atoms with Gasteiger partial charge in [0.2, 0.25) is 0 Å². The Morgan fingerprint density at radius 2 is 1.62 bits per heavy atom. The summed E-state index contributed by atoms with van der Waals surface area (Å²) in [5.41, 5.74) is -0.403. The highest BCUT2D eigenvalue weighted by molar-refractivity contribution is 5.71. The first-order valence-corrected chi connectivity index (χ1v) is 1.42. The van der Waals surface area contributed by atoms with Crippen LogP contribution in [0, 0.1) is 22.7 Å². The summed E-state index contributed by atoms with van der Waals surface area (Å²) in [5, 5.41) is 23.4. The number of rotatable bonds is 0. The lowest BCUT2D eigenvalue weighted by Gasteiger charge is -1.68. The van der Waals surface area contributed by atoms with E-state index in [1.54, 1.807) is 0 Å². The fourth-order valence-electron chi connectivity index (χ4n) is 0.0750. The van der Waals surface area contributed by atoms with Crippen molar-refractivity contribution in [1.82, 2.24) is 6.15 Å². The number of quaternary nitrogens is 1. The van der Waals surface area contributed by atoms with Crippen LogP contribution in [0.15, 0.2) is 5.57 Å². The zero-order chi connectivity index (χ0) is 5.70. The maximum absolute atomic E-state index is 7.79. The Labute approximate surface area is 46.8 Å². The van der Waals surface area contributed by atoms with Crippen LogP contribution in [0.2, 0.25) is 0 Å². The summed E-state index contributed by atoms with van der Waals surface area (Å²) in [6.07, 6.45) is 0. The Hall–Kier alpha value is -1.61. The van der Waals surface area contributed by atoms with Crippen molar-refractivity contribution < 1.29 is 0 Å². The van der Waals surface area contributed by atoms with E-state index in [4.69, 9.17) is 15.9 Å². The van der Waals surface area contributed by atoms with Crippen LogP contribution in [0.5, 0.6) is 0 Å². The number of allylic oxidation sites excluding steroid dienone is 1. The summed E-state index contributed by atoms with van der Waals surface area (Å²) < 4.78 is 0. The summed E-state index contributed by atoms with van der Waals surface area (Å²) in [7, 11) is 0. The molecule has 8 heavy (non-hydrogen) atoms. The smallest absolute Gasteiger partial charge is 0.148 e. The molecule has 0 amide bonds. The molecule has 0 saturated heterocycles. The third kappa shape index (κ3) is 2.62. The zero-order valence-electron chi connectivity index (χ0n) is 4.34. The van der Waals surface area contributed by atoms with E-state index in [2.05, 4.69) is 0 Å². The quantitative estimate of drug-likeness (QED) is 0.361. The van der Waals surface area contributed by atoms with E-state index in [1.165, 1.54) is 18.0 Å². The molecule has 0 atom stereocenters. The van der Waals surface area contributed by atoms with Crippen LogP contribution < -0.4 is 6.15 Å². The average Bonchev–Trinajstić information content (AvgIpc) is 1.72. The van der Waals surface area contributed by atoms with Crippen LogP contribution in [-0.2, 0) is 0 Å². The van der Waals surface area contributed by atoms with Crippen LogP contribution in [0.4, 0.5) is 0 Å². The standard InChI is InChI=1S/C4N3.H3N/c5-1-4(2-6)3-7;/h;1H3/q-1;/p+1. The van der Waals surface area contributed by atoms with Crippen molar-refractivity contribution in [3.8, 4) is 12.1 Å². The molecule has 0 aromatic heterocycles. The van der Waals surface area contributed by atoms with E-state index in [-0.39, 0.29) is 6.15 Å². The molecule has 0 heterocycles. The van der Waals surface area contributed by atoms with Gasteiger partial charge in [-0.05, 0) is 0 Å². The minimum Gasteiger partial charge on any atom is -0.762 e. The summed E-state index contributed by atoms with van der Waals surface area (Å²) in [6, 6.07) is 2.79. The molecule has 40 valence electrons. The number of nitriles is 2. The lowest BCUT2D eigenvalue weighted by molar-refractivity contribution is 1.48. The molecular formula is C4H4N4. The normalized spacial score (nSPS) is 4.25. The van der Waals surface area contributed by atoms with Gasteiger partial charge in [-0.25, -0.2) is 5.87 Å². The molecule has 0 fully saturated rings. The van der Waals surface area contributed by atoms with Crippen LogP contribution in [0.25, 0.3) is 5.41 Å². The van der Waals surface area contributed by atoms with Gasteiger partial charge in [-0.2, -0.15) is 10.5 Å². The molecule has 4 N–H and O–H groups in total. The Morgan fingerprint density at radius 3 is 1.62 bits per heavy atom. The molecule has 0 saturated carbocycles. The summed E-state index contributed by atoms with van der Waals surface area (Å²) >= 11 is 0. The predicted octanol–water partition coefficient (Wildman–Crippen LogP) is 0.575. The molecule has 0 unspecified atom stereocenters. The summed E-state index contributed by atoms with van der Waals surface area (Å²) in [5.74, 6) is 1.40. The molecule has 0 aromatic carbocycles. The van der Waals surface area contributed by atoms with Gasteiger partial charge in [0.1, 0.15) is 17.7 Å². The van der Waals surface area contributed by atoms with E-state index in [0.29, 0.717) is 0 Å². The van der Waals surface area contributed by atoms with Crippen molar-refractivity contribution in [2.45, 2.75) is 0 Å². The van der Waals surface area contributed by atoms with Gasteiger partial charge >= 0.3 is 0 Å². The molecule has 0 bridgehead atoms. The third-order valence-corrected chi connectivity index (χ3v) is 0.335. The van der Waals surface area contributed by atoms with Crippen molar-refractivity contribution in [3.63, 3.8) is 0 Å². The van der Waals surface area contributed by atoms with Gasteiger partial charge in [-0.1, -0.05) is 0 Å². The molecule has 0 aliphatic rings. The van der Waals surface area contributed by atoms with Crippen molar-refractivity contribution in [1.29, 1.82) is 10.5 Å². The van der Waals surface area contributed by atoms with Gasteiger partial charge in [0, 0.05) is 0 Å². The highest BCUT2D eigenvalue weighted by Gasteiger charge is 1.77. The Kier molecular flexibility index (Phi) is 6.49. The number of hydrogen-bond donors (Lipinski definition) is 1. The van der Waals surface area contributed by atoms with E-state index in [1.807, 2.05) is 0 Å². The molecule has 0 aromatic rings. The lowest BCUT2D eigenvalue weighted by Crippen LogP contribution is -1.66. The van der Waals surface area contributed by atoms with Crippen LogP contribution >= 0.6 is 0 Å². The first kappa shape index (κ1) is 9.63. The minimum absolute atomic E-state index is 0. The van der Waals surface area contributed by atoms with E-state index < -0.39 is 5.57 Å². The largest absolute Gasteiger partial charge is 0.762 e. The van der Waals surface area contributed by atoms with Crippen molar-refractivity contribution >= 4 is 5.87 Å². The van der Waals surface area contributed by atoms with Gasteiger partial charge < -0.3 is 11.6 Å². The Balaban J connectivity index is 0. The molecule has 0 rings (SSSR count). The Morgan fingerprint density at radius 1 is 1.25 bits per heavy atom. The second-order valence-corrected chi connectivity index (χ2v) is 0.710. The predicted molar refractivity (Wildman–Crippen MR) is 29.1 cm³/mol. The number of nitrogens with zero attached hydrogens (tertiary/aromatic N) is 3. The fraction of sp³-hybridized carbons (Fsp3) is 0. The summed E-state index contributed by atoms with van der Waals surface area (Å²) in [4.78, 5) is 0. The number of hydrogen-bond acceptors (Lipinski definition) is 2. The average molecular weight is 108 g/mol. The molecule has 0 radical (unpaired) electrons. The van der Waals surface area contributed by atoms with Crippen molar-refractivity contribution in [2.24, 2.45) is 0 Å². The fourth-order valence-corrected chi connectivity index (χ4v) is 0.0750. The van der Waals surface area contributed by atoms with E-state index >= 15 is 0 Å². The third-order valence-electron chi connectivity index (χ3n) is 0.335. The Bertz CT molecular complexity index is 169. The maximum Gasteiger partial charge on any atom is 0.148 e. The van der Waals surface area contributed by atoms with Gasteiger partial charge in [-0.15, -0.1) is 0 Å². The molecule has 4 nitrogen and oxygen atoms in total. The van der Waals surface area contributed by atoms with Gasteiger partial charge in [0.25, 0.3) is 0 Å². The molecule has 0 aliphatic heterocycles. The van der Waals surface area contributed by atoms with Crippen molar-refractivity contribution in [2.75, 3.05) is 0 Å². The highest BCUT2D eigenvalue weighted by atomic mass is 14.3. The van der Waals surface area contributed by atoms with Crippen molar-refractivity contribution in [3.05, 3.63) is 11.0 Å². The molecule has 4 heteroatoms. The first-order valence-electron chi connectivity index (χ1n) is 1.42. The molecule has 0 aliphatic carbocycles. The maximum atomic E-state index is 7.79. The topological polar surface area (TPSA) is 106 Å². The van der Waals surface area contributed by atoms with Crippen LogP contribution in [0.3, 0.4) is 0 Å². The van der Waals surface area contributed by atoms with Crippen LogP contribution in [-0.4, -0.2) is 5.87 Å². The monoisotopic (exact) mass is 108 g/mol. The van der Waals surface area contributed by atoms with E-state index in [0.717, 1.165) is 0 Å². The zero-order valence-corrected chi connectivity index (χ0v) is 4.34. The molecular weight excluding hydrogens is 104 g/mol. The van der Waals surface area contributed by atoms with E-state index in [9.17, 15) is 0 Å². The van der Waals surface area contributed by atoms with Crippen LogP contribution in [0.1, 0.15) is 0 Å². The second-order valence-electron chi connectivity index (χ2n) is 0.710. The SMILES string of the molecule is N#CC(=C=[N-])C#N.[NH4+]. The lowest BCUT2D eigenvalue weighted by atomic mass is 10.4. The van der Waals surface area contributed by atoms with Gasteiger partial charge in [-0.3, -0.25) is 0 Å². The minimum atomic E-state index is -0.403. The summed E-state index contributed by atoms with van der Waals surface area (Å²) in [6.45, 7) is 0. The van der Waals surface area contributed by atoms with Gasteiger partial charge in [0.05, 0.1) is 0 Å².